The van der Waals surface area contributed by atoms with Crippen LogP contribution in [0, 0.1) is 0 Å². The summed E-state index contributed by atoms with van der Waals surface area (Å²) in [4.78, 5) is 11.6. The van der Waals surface area contributed by atoms with Crippen molar-refractivity contribution in [2.75, 3.05) is 0 Å². The molecule has 3 aromatic rings. The van der Waals surface area contributed by atoms with Gasteiger partial charge in [0.2, 0.25) is 0 Å². The molecular weight excluding hydrogens is 310 g/mol. The first-order valence-electron chi connectivity index (χ1n) is 7.05. The highest BCUT2D eigenvalue weighted by Crippen LogP contribution is 2.31. The molecule has 0 spiro atoms. The molecule has 1 heterocycles. The smallest absolute Gasteiger partial charge is 0.258 e. The quantitative estimate of drug-likeness (QED) is 0.738. The third-order valence-electron chi connectivity index (χ3n) is 3.10. The second kappa shape index (κ2) is 6.98. The topological polar surface area (TPSA) is 61.6 Å². The third-order valence-corrected chi connectivity index (χ3v) is 4.07. The first kappa shape index (κ1) is 15.1. The van der Waals surface area contributed by atoms with Crippen molar-refractivity contribution in [1.82, 2.24) is 0 Å². The molecule has 0 aliphatic rings. The zero-order valence-corrected chi connectivity index (χ0v) is 13.1. The van der Waals surface area contributed by atoms with E-state index in [-0.39, 0.29) is 0 Å². The minimum absolute atomic E-state index is 0.454. The summed E-state index contributed by atoms with van der Waals surface area (Å²) in [6, 6.07) is 20.7. The summed E-state index contributed by atoms with van der Waals surface area (Å²) in [5.74, 6) is 0.913. The number of thiophene rings is 1. The molecule has 5 heteroatoms. The number of hydrogen-bond acceptors (Lipinski definition) is 4. The van der Waals surface area contributed by atoms with Crippen LogP contribution in [0.3, 0.4) is 0 Å². The lowest BCUT2D eigenvalue weighted by molar-refractivity contribution is 0.100. The number of primary amides is 1. The Morgan fingerprint density at radius 2 is 1.74 bits per heavy atom. The first-order valence-corrected chi connectivity index (χ1v) is 7.86. The van der Waals surface area contributed by atoms with Crippen LogP contribution in [0.15, 0.2) is 66.7 Å². The lowest BCUT2D eigenvalue weighted by Gasteiger charge is -2.08. The summed E-state index contributed by atoms with van der Waals surface area (Å²) < 4.78 is 11.5. The van der Waals surface area contributed by atoms with E-state index in [2.05, 4.69) is 0 Å². The Kier molecular flexibility index (Phi) is 4.59. The molecule has 116 valence electrons. The zero-order chi connectivity index (χ0) is 16.1. The summed E-state index contributed by atoms with van der Waals surface area (Å²) in [6.45, 7) is 0.495. The van der Waals surface area contributed by atoms with Gasteiger partial charge in [-0.25, -0.2) is 0 Å². The Bertz CT molecular complexity index is 799. The van der Waals surface area contributed by atoms with Gasteiger partial charge in [-0.05, 0) is 29.8 Å². The van der Waals surface area contributed by atoms with Gasteiger partial charge >= 0.3 is 0 Å². The van der Waals surface area contributed by atoms with Crippen LogP contribution in [0.1, 0.15) is 15.2 Å². The van der Waals surface area contributed by atoms with E-state index in [4.69, 9.17) is 15.2 Å². The van der Waals surface area contributed by atoms with Crippen LogP contribution in [0.4, 0.5) is 0 Å². The molecule has 1 amide bonds. The van der Waals surface area contributed by atoms with E-state index in [0.29, 0.717) is 22.3 Å². The first-order chi connectivity index (χ1) is 11.2. The molecule has 3 rings (SSSR count). The Balaban J connectivity index is 1.65. The molecule has 0 aliphatic carbocycles. The van der Waals surface area contributed by atoms with Gasteiger partial charge in [-0.1, -0.05) is 47.7 Å². The van der Waals surface area contributed by atoms with Crippen molar-refractivity contribution in [3.8, 4) is 16.6 Å². The SMILES string of the molecule is NC(=O)c1ccc(Oc2cccc(OCc3ccccc3)c2)s1. The van der Waals surface area contributed by atoms with Crippen molar-refractivity contribution in [2.24, 2.45) is 5.73 Å². The highest BCUT2D eigenvalue weighted by molar-refractivity contribution is 7.15. The number of amides is 1. The van der Waals surface area contributed by atoms with E-state index in [1.807, 2.05) is 54.6 Å². The van der Waals surface area contributed by atoms with Gasteiger partial charge in [-0.15, -0.1) is 0 Å². The highest BCUT2D eigenvalue weighted by atomic mass is 32.1. The molecule has 23 heavy (non-hydrogen) atoms. The summed E-state index contributed by atoms with van der Waals surface area (Å²) in [5.41, 5.74) is 6.34. The Morgan fingerprint density at radius 1 is 0.957 bits per heavy atom. The molecule has 0 bridgehead atoms. The molecule has 2 N–H and O–H groups in total. The number of ether oxygens (including phenoxy) is 2. The highest BCUT2D eigenvalue weighted by Gasteiger charge is 2.07. The fourth-order valence-corrected chi connectivity index (χ4v) is 2.72. The van der Waals surface area contributed by atoms with Gasteiger partial charge in [0.25, 0.3) is 5.91 Å². The van der Waals surface area contributed by atoms with Crippen molar-refractivity contribution in [3.63, 3.8) is 0 Å². The number of rotatable bonds is 6. The maximum Gasteiger partial charge on any atom is 0.258 e. The van der Waals surface area contributed by atoms with E-state index in [1.54, 1.807) is 12.1 Å². The van der Waals surface area contributed by atoms with E-state index in [9.17, 15) is 4.79 Å². The normalized spacial score (nSPS) is 10.3. The van der Waals surface area contributed by atoms with Gasteiger partial charge in [0.15, 0.2) is 5.06 Å². The van der Waals surface area contributed by atoms with Crippen molar-refractivity contribution in [2.45, 2.75) is 6.61 Å². The molecular formula is C18H15NO3S. The van der Waals surface area contributed by atoms with Crippen molar-refractivity contribution < 1.29 is 14.3 Å². The molecule has 0 saturated heterocycles. The largest absolute Gasteiger partial charge is 0.489 e. The number of benzene rings is 2. The second-order valence-electron chi connectivity index (χ2n) is 4.83. The van der Waals surface area contributed by atoms with Crippen molar-refractivity contribution in [1.29, 1.82) is 0 Å². The van der Waals surface area contributed by atoms with E-state index in [0.717, 1.165) is 11.3 Å². The van der Waals surface area contributed by atoms with Gasteiger partial charge in [0, 0.05) is 6.07 Å². The van der Waals surface area contributed by atoms with Crippen LogP contribution < -0.4 is 15.2 Å². The standard InChI is InChI=1S/C18H15NO3S/c19-18(20)16-9-10-17(23-16)22-15-8-4-7-14(11-15)21-12-13-5-2-1-3-6-13/h1-11H,12H2,(H2,19,20). The Hall–Kier alpha value is -2.79. The molecule has 0 aliphatic heterocycles. The lowest BCUT2D eigenvalue weighted by atomic mass is 10.2. The van der Waals surface area contributed by atoms with Gasteiger partial charge in [0.1, 0.15) is 18.1 Å². The third kappa shape index (κ3) is 4.11. The van der Waals surface area contributed by atoms with Gasteiger partial charge in [-0.2, -0.15) is 0 Å². The maximum absolute atomic E-state index is 11.1. The van der Waals surface area contributed by atoms with Crippen molar-refractivity contribution >= 4 is 17.2 Å². The lowest BCUT2D eigenvalue weighted by Crippen LogP contribution is -2.07. The molecule has 0 radical (unpaired) electrons. The summed E-state index contributed by atoms with van der Waals surface area (Å²) >= 11 is 1.21. The Morgan fingerprint density at radius 3 is 2.48 bits per heavy atom. The van der Waals surface area contributed by atoms with Crippen molar-refractivity contribution in [3.05, 3.63) is 77.2 Å². The summed E-state index contributed by atoms with van der Waals surface area (Å²) in [7, 11) is 0. The number of hydrogen-bond donors (Lipinski definition) is 1. The average Bonchev–Trinajstić information content (AvgIpc) is 3.03. The van der Waals surface area contributed by atoms with Gasteiger partial charge in [-0.3, -0.25) is 4.79 Å². The molecule has 0 fully saturated rings. The van der Waals surface area contributed by atoms with Gasteiger partial charge < -0.3 is 15.2 Å². The molecule has 2 aromatic carbocycles. The number of nitrogens with two attached hydrogens (primary N) is 1. The van der Waals surface area contributed by atoms with E-state index in [1.165, 1.54) is 11.3 Å². The van der Waals surface area contributed by atoms with Crippen LogP contribution in [0.25, 0.3) is 0 Å². The molecule has 0 unspecified atom stereocenters. The fraction of sp³-hybridized carbons (Fsp3) is 0.0556. The minimum atomic E-state index is -0.454. The van der Waals surface area contributed by atoms with Crippen LogP contribution >= 0.6 is 11.3 Å². The second-order valence-corrected chi connectivity index (χ2v) is 5.88. The molecule has 0 saturated carbocycles. The van der Waals surface area contributed by atoms with Crippen LogP contribution in [0.2, 0.25) is 0 Å². The monoisotopic (exact) mass is 325 g/mol. The summed E-state index contributed by atoms with van der Waals surface area (Å²) in [6.07, 6.45) is 0. The fourth-order valence-electron chi connectivity index (χ4n) is 1.99. The predicted molar refractivity (Wildman–Crippen MR) is 90.1 cm³/mol. The maximum atomic E-state index is 11.1. The number of carbonyl (C=O) groups is 1. The zero-order valence-electron chi connectivity index (χ0n) is 12.3. The summed E-state index contributed by atoms with van der Waals surface area (Å²) in [5, 5.41) is 0.610. The van der Waals surface area contributed by atoms with E-state index >= 15 is 0 Å². The molecule has 4 nitrogen and oxygen atoms in total. The van der Waals surface area contributed by atoms with E-state index < -0.39 is 5.91 Å². The average molecular weight is 325 g/mol. The van der Waals surface area contributed by atoms with Crippen LogP contribution in [0.5, 0.6) is 16.6 Å². The number of carbonyl (C=O) groups excluding carboxylic acids is 1. The minimum Gasteiger partial charge on any atom is -0.489 e. The van der Waals surface area contributed by atoms with Crippen LogP contribution in [-0.2, 0) is 6.61 Å². The molecule has 1 aromatic heterocycles. The van der Waals surface area contributed by atoms with Crippen LogP contribution in [-0.4, -0.2) is 5.91 Å². The Labute approximate surface area is 138 Å². The van der Waals surface area contributed by atoms with Gasteiger partial charge in [0.05, 0.1) is 4.88 Å². The predicted octanol–water partition coefficient (Wildman–Crippen LogP) is 4.22. The molecule has 0 atom stereocenters.